The molecule has 2 aromatic carbocycles. The lowest BCUT2D eigenvalue weighted by Crippen LogP contribution is -2.10. The van der Waals surface area contributed by atoms with Crippen LogP contribution in [0.25, 0.3) is 0 Å². The van der Waals surface area contributed by atoms with Crippen LogP contribution in [0, 0.1) is 0 Å². The van der Waals surface area contributed by atoms with Crippen molar-refractivity contribution in [1.82, 2.24) is 0 Å². The van der Waals surface area contributed by atoms with Gasteiger partial charge in [-0.05, 0) is 37.3 Å². The Kier molecular flexibility index (Phi) is 5.49. The van der Waals surface area contributed by atoms with Gasteiger partial charge in [0.2, 0.25) is 0 Å². The Labute approximate surface area is 117 Å². The van der Waals surface area contributed by atoms with Gasteiger partial charge in [0, 0.05) is 17.4 Å². The summed E-state index contributed by atoms with van der Waals surface area (Å²) in [5.74, 6) is 0.657. The van der Waals surface area contributed by atoms with Crippen LogP contribution in [-0.2, 0) is 0 Å². The summed E-state index contributed by atoms with van der Waals surface area (Å²) in [7, 11) is 0. The van der Waals surface area contributed by atoms with Gasteiger partial charge in [0.05, 0.1) is 5.69 Å². The molecule has 1 atom stereocenters. The molecular formula is C14H19N3O3. The van der Waals surface area contributed by atoms with E-state index in [1.807, 2.05) is 0 Å². The number of hydrogen-bond acceptors (Lipinski definition) is 6. The number of nitrogens with two attached hydrogens (primary N) is 3. The summed E-state index contributed by atoms with van der Waals surface area (Å²) in [5, 5.41) is 17.6. The molecule has 2 aromatic rings. The lowest BCUT2D eigenvalue weighted by molar-refractivity contribution is 0.000282. The van der Waals surface area contributed by atoms with Gasteiger partial charge in [-0.25, -0.2) is 0 Å². The van der Waals surface area contributed by atoms with Crippen molar-refractivity contribution >= 4 is 17.1 Å². The summed E-state index contributed by atoms with van der Waals surface area (Å²) in [5.41, 5.74) is 17.9. The lowest BCUT2D eigenvalue weighted by Gasteiger charge is -2.10. The molecule has 0 saturated heterocycles. The number of nitrogen functional groups attached to an aromatic ring is 3. The van der Waals surface area contributed by atoms with Gasteiger partial charge in [-0.3, -0.25) is 0 Å². The third-order valence-electron chi connectivity index (χ3n) is 2.20. The van der Waals surface area contributed by atoms with Crippen molar-refractivity contribution in [3.05, 3.63) is 42.5 Å². The van der Waals surface area contributed by atoms with Crippen LogP contribution in [0.4, 0.5) is 17.1 Å². The van der Waals surface area contributed by atoms with Gasteiger partial charge in [-0.1, -0.05) is 6.07 Å². The number of aliphatic hydroxyl groups is 1. The van der Waals surface area contributed by atoms with Crippen LogP contribution in [0.3, 0.4) is 0 Å². The average Bonchev–Trinajstić information content (AvgIpc) is 2.33. The monoisotopic (exact) mass is 277 g/mol. The van der Waals surface area contributed by atoms with Crippen LogP contribution in [0.15, 0.2) is 42.5 Å². The van der Waals surface area contributed by atoms with Gasteiger partial charge in [-0.15, -0.1) is 0 Å². The molecule has 20 heavy (non-hydrogen) atoms. The molecule has 0 heterocycles. The first-order valence-corrected chi connectivity index (χ1v) is 5.92. The van der Waals surface area contributed by atoms with Crippen molar-refractivity contribution in [1.29, 1.82) is 0 Å². The molecule has 0 saturated carbocycles. The lowest BCUT2D eigenvalue weighted by atomic mass is 10.2. The molecule has 0 fully saturated rings. The zero-order chi connectivity index (χ0) is 15.1. The second-order valence-electron chi connectivity index (χ2n) is 4.11. The molecule has 0 aliphatic carbocycles. The number of anilines is 3. The highest BCUT2D eigenvalue weighted by Gasteiger charge is 2.02. The van der Waals surface area contributed by atoms with E-state index in [2.05, 4.69) is 0 Å². The second kappa shape index (κ2) is 7.10. The van der Waals surface area contributed by atoms with E-state index >= 15 is 0 Å². The molecular weight excluding hydrogens is 258 g/mol. The Morgan fingerprint density at radius 1 is 1.00 bits per heavy atom. The van der Waals surface area contributed by atoms with Gasteiger partial charge in [-0.2, -0.15) is 0 Å². The molecule has 2 rings (SSSR count). The highest BCUT2D eigenvalue weighted by molar-refractivity contribution is 5.60. The molecule has 0 amide bonds. The SMILES string of the molecule is CC(O)Oc1ccc(N)cc1N.Nc1cccc(O)c1. The van der Waals surface area contributed by atoms with E-state index in [0.29, 0.717) is 22.8 Å². The fraction of sp³-hybridized carbons (Fsp3) is 0.143. The number of aromatic hydroxyl groups is 1. The molecule has 6 heteroatoms. The highest BCUT2D eigenvalue weighted by Crippen LogP contribution is 2.23. The van der Waals surface area contributed by atoms with E-state index in [1.54, 1.807) is 36.4 Å². The maximum atomic E-state index is 8.89. The molecule has 0 radical (unpaired) electrons. The topological polar surface area (TPSA) is 128 Å². The Morgan fingerprint density at radius 2 is 1.65 bits per heavy atom. The van der Waals surface area contributed by atoms with Crippen LogP contribution in [0.5, 0.6) is 11.5 Å². The Hall–Kier alpha value is -2.60. The maximum Gasteiger partial charge on any atom is 0.194 e. The predicted octanol–water partition coefficient (Wildman–Crippen LogP) is 1.54. The molecule has 0 spiro atoms. The number of benzene rings is 2. The first kappa shape index (κ1) is 15.5. The number of aliphatic hydroxyl groups excluding tert-OH is 1. The number of phenols is 1. The summed E-state index contributed by atoms with van der Waals surface area (Å²) >= 11 is 0. The van der Waals surface area contributed by atoms with Crippen molar-refractivity contribution in [2.24, 2.45) is 0 Å². The maximum absolute atomic E-state index is 8.89. The summed E-state index contributed by atoms with van der Waals surface area (Å²) in [4.78, 5) is 0. The number of rotatable bonds is 2. The number of hydrogen-bond donors (Lipinski definition) is 5. The van der Waals surface area contributed by atoms with Crippen molar-refractivity contribution in [3.8, 4) is 11.5 Å². The van der Waals surface area contributed by atoms with Crippen molar-refractivity contribution in [2.75, 3.05) is 17.2 Å². The quantitative estimate of drug-likeness (QED) is 0.418. The van der Waals surface area contributed by atoms with Gasteiger partial charge in [0.25, 0.3) is 0 Å². The first-order valence-electron chi connectivity index (χ1n) is 5.92. The molecule has 1 unspecified atom stereocenters. The molecule has 8 N–H and O–H groups in total. The van der Waals surface area contributed by atoms with Gasteiger partial charge in [0.1, 0.15) is 11.5 Å². The standard InChI is InChI=1S/C8H12N2O2.C6H7NO/c1-5(11)12-8-3-2-6(9)4-7(8)10;7-5-2-1-3-6(8)4-5/h2-5,11H,9-10H2,1H3;1-4,8H,7H2. The normalized spacial score (nSPS) is 11.1. The fourth-order valence-corrected chi connectivity index (χ4v) is 1.38. The van der Waals surface area contributed by atoms with Crippen LogP contribution >= 0.6 is 0 Å². The smallest absolute Gasteiger partial charge is 0.194 e. The van der Waals surface area contributed by atoms with Crippen molar-refractivity contribution in [3.63, 3.8) is 0 Å². The molecule has 0 aliphatic heterocycles. The van der Waals surface area contributed by atoms with E-state index in [1.165, 1.54) is 13.0 Å². The van der Waals surface area contributed by atoms with E-state index in [9.17, 15) is 0 Å². The summed E-state index contributed by atoms with van der Waals surface area (Å²) in [6.45, 7) is 1.51. The van der Waals surface area contributed by atoms with Gasteiger partial charge in [0.15, 0.2) is 6.29 Å². The van der Waals surface area contributed by atoms with E-state index in [0.717, 1.165) is 0 Å². The third-order valence-corrected chi connectivity index (χ3v) is 2.20. The van der Waals surface area contributed by atoms with Gasteiger partial charge >= 0.3 is 0 Å². The zero-order valence-electron chi connectivity index (χ0n) is 11.2. The van der Waals surface area contributed by atoms with Crippen molar-refractivity contribution < 1.29 is 14.9 Å². The fourth-order valence-electron chi connectivity index (χ4n) is 1.38. The number of phenolic OH excluding ortho intramolecular Hbond substituents is 1. The molecule has 6 nitrogen and oxygen atoms in total. The minimum absolute atomic E-state index is 0.213. The Morgan fingerprint density at radius 3 is 2.10 bits per heavy atom. The molecule has 0 bridgehead atoms. The summed E-state index contributed by atoms with van der Waals surface area (Å²) in [6.07, 6.45) is -0.865. The van der Waals surface area contributed by atoms with Crippen molar-refractivity contribution in [2.45, 2.75) is 13.2 Å². The van der Waals surface area contributed by atoms with E-state index in [-0.39, 0.29) is 5.75 Å². The van der Waals surface area contributed by atoms with E-state index < -0.39 is 6.29 Å². The zero-order valence-corrected chi connectivity index (χ0v) is 11.2. The Bertz CT molecular complexity index is 542. The van der Waals surface area contributed by atoms with Crippen LogP contribution in [0.1, 0.15) is 6.92 Å². The highest BCUT2D eigenvalue weighted by atomic mass is 16.6. The third kappa shape index (κ3) is 5.36. The Balaban J connectivity index is 0.000000217. The largest absolute Gasteiger partial charge is 0.508 e. The predicted molar refractivity (Wildman–Crippen MR) is 80.1 cm³/mol. The minimum Gasteiger partial charge on any atom is -0.508 e. The van der Waals surface area contributed by atoms with Crippen LogP contribution < -0.4 is 21.9 Å². The summed E-state index contributed by atoms with van der Waals surface area (Å²) in [6, 6.07) is 11.4. The van der Waals surface area contributed by atoms with Gasteiger partial charge < -0.3 is 32.2 Å². The molecule has 0 aliphatic rings. The van der Waals surface area contributed by atoms with Crippen LogP contribution in [0.2, 0.25) is 0 Å². The second-order valence-corrected chi connectivity index (χ2v) is 4.11. The first-order chi connectivity index (χ1) is 9.38. The molecule has 0 aromatic heterocycles. The van der Waals surface area contributed by atoms with Crippen LogP contribution in [-0.4, -0.2) is 16.5 Å². The molecule has 108 valence electrons. The summed E-state index contributed by atoms with van der Waals surface area (Å²) < 4.78 is 4.97. The minimum atomic E-state index is -0.865. The average molecular weight is 277 g/mol. The number of ether oxygens (including phenoxy) is 1. The van der Waals surface area contributed by atoms with E-state index in [4.69, 9.17) is 32.2 Å².